The third-order valence-corrected chi connectivity index (χ3v) is 8.52. The minimum atomic E-state index is -4.01. The molecular weight excluding hydrogens is 529 g/mol. The third kappa shape index (κ3) is 6.29. The Balaban J connectivity index is 1.53. The molecule has 0 saturated carbocycles. The van der Waals surface area contributed by atoms with Gasteiger partial charge in [0.15, 0.2) is 0 Å². The van der Waals surface area contributed by atoms with Crippen LogP contribution in [0, 0.1) is 0 Å². The van der Waals surface area contributed by atoms with Gasteiger partial charge in [0, 0.05) is 53.5 Å². The largest absolute Gasteiger partial charge is 0.368 e. The van der Waals surface area contributed by atoms with E-state index in [4.69, 9.17) is 34.8 Å². The zero-order valence-electron chi connectivity index (χ0n) is 18.8. The van der Waals surface area contributed by atoms with E-state index < -0.39 is 10.0 Å². The summed E-state index contributed by atoms with van der Waals surface area (Å²) in [5.41, 5.74) is 1.65. The first-order valence-corrected chi connectivity index (χ1v) is 13.6. The summed E-state index contributed by atoms with van der Waals surface area (Å²) in [7, 11) is -4.01. The average molecular weight is 553 g/mol. The Morgan fingerprint density at radius 2 is 1.46 bits per heavy atom. The summed E-state index contributed by atoms with van der Waals surface area (Å²) in [6.45, 7) is 1.96. The summed E-state index contributed by atoms with van der Waals surface area (Å²) in [5, 5.41) is 1.19. The first kappa shape index (κ1) is 25.8. The number of hydrogen-bond donors (Lipinski definition) is 0. The van der Waals surface area contributed by atoms with E-state index in [2.05, 4.69) is 4.90 Å². The molecule has 35 heavy (non-hydrogen) atoms. The Morgan fingerprint density at radius 3 is 2.09 bits per heavy atom. The Labute approximate surface area is 220 Å². The fourth-order valence-electron chi connectivity index (χ4n) is 3.93. The van der Waals surface area contributed by atoms with Gasteiger partial charge >= 0.3 is 0 Å². The van der Waals surface area contributed by atoms with Crippen molar-refractivity contribution in [2.24, 2.45) is 0 Å². The Morgan fingerprint density at radius 1 is 0.829 bits per heavy atom. The van der Waals surface area contributed by atoms with E-state index >= 15 is 0 Å². The first-order valence-electron chi connectivity index (χ1n) is 11.0. The zero-order valence-corrected chi connectivity index (χ0v) is 21.9. The van der Waals surface area contributed by atoms with E-state index in [-0.39, 0.29) is 23.9 Å². The number of sulfonamides is 1. The molecule has 0 radical (unpaired) electrons. The SMILES string of the molecule is O=C(CN(Cc1ccc(Cl)cc1Cl)S(=O)(=O)c1ccc(Cl)cc1)N1CCN(c2ccccc2)CC1. The Kier molecular flexibility index (Phi) is 8.24. The van der Waals surface area contributed by atoms with Crippen molar-refractivity contribution in [3.8, 4) is 0 Å². The second kappa shape index (κ2) is 11.2. The van der Waals surface area contributed by atoms with Crippen LogP contribution < -0.4 is 4.90 Å². The standard InChI is InChI=1S/C25H24Cl3N3O3S/c26-20-8-10-23(11-9-20)35(33,34)31(17-19-6-7-21(27)16-24(19)28)18-25(32)30-14-12-29(13-15-30)22-4-2-1-3-5-22/h1-11,16H,12-15,17-18H2. The molecule has 0 atom stereocenters. The highest BCUT2D eigenvalue weighted by molar-refractivity contribution is 7.89. The molecule has 0 aromatic heterocycles. The van der Waals surface area contributed by atoms with E-state index in [1.807, 2.05) is 30.3 Å². The Hall–Kier alpha value is -2.29. The molecule has 3 aromatic rings. The molecule has 0 unspecified atom stereocenters. The number of carbonyl (C=O) groups is 1. The van der Waals surface area contributed by atoms with Gasteiger partial charge in [0.1, 0.15) is 0 Å². The van der Waals surface area contributed by atoms with Crippen molar-refractivity contribution < 1.29 is 13.2 Å². The molecule has 0 bridgehead atoms. The van der Waals surface area contributed by atoms with Crippen LogP contribution in [0.4, 0.5) is 5.69 Å². The molecule has 1 fully saturated rings. The van der Waals surface area contributed by atoms with Gasteiger partial charge in [-0.3, -0.25) is 4.79 Å². The van der Waals surface area contributed by atoms with E-state index in [0.29, 0.717) is 46.8 Å². The van der Waals surface area contributed by atoms with Gasteiger partial charge in [-0.25, -0.2) is 8.42 Å². The normalized spacial score (nSPS) is 14.4. The summed E-state index contributed by atoms with van der Waals surface area (Å²) < 4.78 is 28.2. The van der Waals surface area contributed by atoms with Crippen molar-refractivity contribution >= 4 is 56.4 Å². The van der Waals surface area contributed by atoms with E-state index in [0.717, 1.165) is 9.99 Å². The summed E-state index contributed by atoms with van der Waals surface area (Å²) in [6, 6.07) is 20.7. The molecule has 1 aliphatic heterocycles. The number of amides is 1. The Bertz CT molecular complexity index is 1280. The molecular formula is C25H24Cl3N3O3S. The number of para-hydroxylation sites is 1. The molecule has 1 heterocycles. The van der Waals surface area contributed by atoms with Crippen LogP contribution in [0.5, 0.6) is 0 Å². The zero-order chi connectivity index (χ0) is 25.0. The number of rotatable bonds is 7. The van der Waals surface area contributed by atoms with Crippen molar-refractivity contribution in [2.45, 2.75) is 11.4 Å². The van der Waals surface area contributed by atoms with Crippen LogP contribution in [0.3, 0.4) is 0 Å². The second-order valence-electron chi connectivity index (χ2n) is 8.17. The lowest BCUT2D eigenvalue weighted by molar-refractivity contribution is -0.131. The second-order valence-corrected chi connectivity index (χ2v) is 11.4. The number of piperazine rings is 1. The number of nitrogens with zero attached hydrogens (tertiary/aromatic N) is 3. The van der Waals surface area contributed by atoms with Crippen LogP contribution in [-0.4, -0.2) is 56.3 Å². The molecule has 0 aliphatic carbocycles. The van der Waals surface area contributed by atoms with Crippen molar-refractivity contribution in [3.63, 3.8) is 0 Å². The lowest BCUT2D eigenvalue weighted by atomic mass is 10.2. The van der Waals surface area contributed by atoms with Crippen molar-refractivity contribution in [3.05, 3.63) is 93.4 Å². The van der Waals surface area contributed by atoms with Gasteiger partial charge in [0.25, 0.3) is 0 Å². The smallest absolute Gasteiger partial charge is 0.243 e. The predicted octanol–water partition coefficient (Wildman–Crippen LogP) is 5.19. The molecule has 10 heteroatoms. The van der Waals surface area contributed by atoms with Gasteiger partial charge in [0.05, 0.1) is 11.4 Å². The topological polar surface area (TPSA) is 60.9 Å². The minimum absolute atomic E-state index is 0.0497. The van der Waals surface area contributed by atoms with Crippen LogP contribution >= 0.6 is 34.8 Å². The molecule has 1 aliphatic rings. The van der Waals surface area contributed by atoms with Crippen LogP contribution in [-0.2, 0) is 21.4 Å². The lowest BCUT2D eigenvalue weighted by Crippen LogP contribution is -2.51. The average Bonchev–Trinajstić information content (AvgIpc) is 2.86. The van der Waals surface area contributed by atoms with Gasteiger partial charge in [-0.15, -0.1) is 0 Å². The van der Waals surface area contributed by atoms with Crippen LogP contribution in [0.15, 0.2) is 77.7 Å². The highest BCUT2D eigenvalue weighted by Gasteiger charge is 2.30. The fraction of sp³-hybridized carbons (Fsp3) is 0.240. The molecule has 3 aromatic carbocycles. The van der Waals surface area contributed by atoms with Crippen LogP contribution in [0.25, 0.3) is 0 Å². The number of halogens is 3. The summed E-state index contributed by atoms with van der Waals surface area (Å²) in [4.78, 5) is 17.2. The van der Waals surface area contributed by atoms with Gasteiger partial charge in [-0.2, -0.15) is 4.31 Å². The molecule has 4 rings (SSSR count). The van der Waals surface area contributed by atoms with Gasteiger partial charge in [-0.05, 0) is 54.1 Å². The number of anilines is 1. The highest BCUT2D eigenvalue weighted by atomic mass is 35.5. The quantitative estimate of drug-likeness (QED) is 0.405. The van der Waals surface area contributed by atoms with E-state index in [1.165, 1.54) is 24.3 Å². The monoisotopic (exact) mass is 551 g/mol. The fourth-order valence-corrected chi connectivity index (χ4v) is 5.89. The molecule has 1 saturated heterocycles. The summed E-state index contributed by atoms with van der Waals surface area (Å²) in [5.74, 6) is -0.264. The highest BCUT2D eigenvalue weighted by Crippen LogP contribution is 2.26. The van der Waals surface area contributed by atoms with Crippen molar-refractivity contribution in [1.82, 2.24) is 9.21 Å². The predicted molar refractivity (Wildman–Crippen MR) is 141 cm³/mol. The van der Waals surface area contributed by atoms with E-state index in [9.17, 15) is 13.2 Å². The van der Waals surface area contributed by atoms with Crippen molar-refractivity contribution in [2.75, 3.05) is 37.6 Å². The van der Waals surface area contributed by atoms with Gasteiger partial charge < -0.3 is 9.80 Å². The van der Waals surface area contributed by atoms with Crippen molar-refractivity contribution in [1.29, 1.82) is 0 Å². The maximum absolute atomic E-state index is 13.5. The minimum Gasteiger partial charge on any atom is -0.368 e. The third-order valence-electron chi connectivity index (χ3n) is 5.88. The van der Waals surface area contributed by atoms with E-state index in [1.54, 1.807) is 23.1 Å². The maximum atomic E-state index is 13.5. The molecule has 184 valence electrons. The lowest BCUT2D eigenvalue weighted by Gasteiger charge is -2.37. The van der Waals surface area contributed by atoms with Crippen LogP contribution in [0.2, 0.25) is 15.1 Å². The number of carbonyl (C=O) groups excluding carboxylic acids is 1. The maximum Gasteiger partial charge on any atom is 0.243 e. The summed E-state index contributed by atoms with van der Waals surface area (Å²) in [6.07, 6.45) is 0. The molecule has 0 spiro atoms. The number of hydrogen-bond acceptors (Lipinski definition) is 4. The van der Waals surface area contributed by atoms with Gasteiger partial charge in [0.2, 0.25) is 15.9 Å². The van der Waals surface area contributed by atoms with Gasteiger partial charge in [-0.1, -0.05) is 59.1 Å². The molecule has 6 nitrogen and oxygen atoms in total. The molecule has 1 amide bonds. The number of benzene rings is 3. The molecule has 0 N–H and O–H groups in total. The first-order chi connectivity index (χ1) is 16.7. The summed E-state index contributed by atoms with van der Waals surface area (Å²) >= 11 is 18.3. The van der Waals surface area contributed by atoms with Crippen LogP contribution in [0.1, 0.15) is 5.56 Å².